The average molecular weight is 347 g/mol. The highest BCUT2D eigenvalue weighted by Crippen LogP contribution is 2.31. The summed E-state index contributed by atoms with van der Waals surface area (Å²) < 4.78 is 5.54. The quantitative estimate of drug-likeness (QED) is 0.500. The van der Waals surface area contributed by atoms with Crippen LogP contribution in [0.15, 0.2) is 29.3 Å². The number of aliphatic imine (C=N–C) groups is 1. The molecule has 1 aromatic rings. The predicted octanol–water partition coefficient (Wildman–Crippen LogP) is 2.05. The van der Waals surface area contributed by atoms with E-state index in [4.69, 9.17) is 10.5 Å². The van der Waals surface area contributed by atoms with E-state index in [1.807, 2.05) is 24.3 Å². The number of hydrogen-bond donors (Lipinski definition) is 2. The Hall–Kier alpha value is -0.980. The van der Waals surface area contributed by atoms with Crippen molar-refractivity contribution >= 4 is 29.9 Å². The van der Waals surface area contributed by atoms with Gasteiger partial charge in [-0.3, -0.25) is 4.99 Å². The van der Waals surface area contributed by atoms with Crippen molar-refractivity contribution in [3.05, 3.63) is 29.8 Å². The molecule has 1 heterocycles. The van der Waals surface area contributed by atoms with Crippen molar-refractivity contribution in [3.8, 4) is 5.75 Å². The average Bonchev–Trinajstić information content (AvgIpc) is 2.70. The van der Waals surface area contributed by atoms with Gasteiger partial charge in [0.1, 0.15) is 12.4 Å². The number of ether oxygens (including phenoxy) is 1. The van der Waals surface area contributed by atoms with Crippen LogP contribution < -0.4 is 15.8 Å². The Kier molecular flexibility index (Phi) is 5.54. The van der Waals surface area contributed by atoms with E-state index in [0.717, 1.165) is 24.3 Å². The minimum atomic E-state index is 0. The highest BCUT2D eigenvalue weighted by molar-refractivity contribution is 14.0. The number of nitrogens with one attached hydrogen (secondary N) is 1. The number of guanidine groups is 1. The van der Waals surface area contributed by atoms with Gasteiger partial charge in [-0.25, -0.2) is 0 Å². The van der Waals surface area contributed by atoms with Crippen molar-refractivity contribution in [2.24, 2.45) is 10.7 Å². The molecular formula is C12H18IN3O. The summed E-state index contributed by atoms with van der Waals surface area (Å²) in [7, 11) is 0. The molecule has 0 bridgehead atoms. The molecule has 1 aliphatic rings. The molecule has 1 aliphatic heterocycles. The summed E-state index contributed by atoms with van der Waals surface area (Å²) in [5, 5.41) is 3.17. The van der Waals surface area contributed by atoms with E-state index in [1.165, 1.54) is 0 Å². The summed E-state index contributed by atoms with van der Waals surface area (Å²) in [5.74, 6) is 1.43. The number of hydrogen-bond acceptors (Lipinski definition) is 2. The molecule has 0 amide bonds. The van der Waals surface area contributed by atoms with E-state index in [9.17, 15) is 0 Å². The van der Waals surface area contributed by atoms with E-state index in [2.05, 4.69) is 17.2 Å². The summed E-state index contributed by atoms with van der Waals surface area (Å²) >= 11 is 0. The monoisotopic (exact) mass is 347 g/mol. The molecule has 17 heavy (non-hydrogen) atoms. The van der Waals surface area contributed by atoms with Gasteiger partial charge in [-0.2, -0.15) is 0 Å². The first kappa shape index (κ1) is 14.1. The van der Waals surface area contributed by atoms with Crippen LogP contribution in [0.3, 0.4) is 0 Å². The zero-order valence-corrected chi connectivity index (χ0v) is 12.2. The summed E-state index contributed by atoms with van der Waals surface area (Å²) in [4.78, 5) is 4.21. The van der Waals surface area contributed by atoms with Gasteiger partial charge in [0.15, 0.2) is 5.96 Å². The zero-order chi connectivity index (χ0) is 11.4. The van der Waals surface area contributed by atoms with Crippen LogP contribution in [-0.2, 0) is 0 Å². The molecule has 4 nitrogen and oxygen atoms in total. The highest BCUT2D eigenvalue weighted by atomic mass is 127. The Labute approximate surface area is 119 Å². The minimum Gasteiger partial charge on any atom is -0.491 e. The SMILES string of the molecule is CCCN=C(N)NC1COc2ccccc21.I. The normalized spacial score (nSPS) is 17.9. The van der Waals surface area contributed by atoms with Gasteiger partial charge in [0.2, 0.25) is 0 Å². The van der Waals surface area contributed by atoms with Crippen LogP contribution in [0.5, 0.6) is 5.75 Å². The molecule has 1 unspecified atom stereocenters. The molecule has 5 heteroatoms. The van der Waals surface area contributed by atoms with Gasteiger partial charge in [-0.1, -0.05) is 25.1 Å². The molecule has 1 aromatic carbocycles. The van der Waals surface area contributed by atoms with E-state index in [-0.39, 0.29) is 30.0 Å². The first-order chi connectivity index (χ1) is 7.81. The highest BCUT2D eigenvalue weighted by Gasteiger charge is 2.23. The van der Waals surface area contributed by atoms with Gasteiger partial charge >= 0.3 is 0 Å². The topological polar surface area (TPSA) is 59.6 Å². The number of fused-ring (bicyclic) bond motifs is 1. The number of nitrogens with two attached hydrogens (primary N) is 1. The van der Waals surface area contributed by atoms with Gasteiger partial charge < -0.3 is 15.8 Å². The van der Waals surface area contributed by atoms with Crippen LogP contribution >= 0.6 is 24.0 Å². The fourth-order valence-electron chi connectivity index (χ4n) is 1.74. The number of nitrogens with zero attached hydrogens (tertiary/aromatic N) is 1. The molecule has 0 radical (unpaired) electrons. The maximum absolute atomic E-state index is 5.78. The van der Waals surface area contributed by atoms with Crippen molar-refractivity contribution in [1.82, 2.24) is 5.32 Å². The Morgan fingerprint density at radius 2 is 2.29 bits per heavy atom. The first-order valence-electron chi connectivity index (χ1n) is 5.59. The van der Waals surface area contributed by atoms with Crippen molar-refractivity contribution in [3.63, 3.8) is 0 Å². The molecule has 0 aromatic heterocycles. The standard InChI is InChI=1S/C12H17N3O.HI/c1-2-7-14-12(13)15-10-8-16-11-6-4-3-5-9(10)11;/h3-6,10H,2,7-8H2,1H3,(H3,13,14,15);1H. The van der Waals surface area contributed by atoms with Crippen molar-refractivity contribution < 1.29 is 4.74 Å². The molecule has 0 saturated carbocycles. The van der Waals surface area contributed by atoms with Gasteiger partial charge in [0, 0.05) is 12.1 Å². The van der Waals surface area contributed by atoms with E-state index < -0.39 is 0 Å². The summed E-state index contributed by atoms with van der Waals surface area (Å²) in [6, 6.07) is 8.11. The number of rotatable bonds is 3. The van der Waals surface area contributed by atoms with E-state index >= 15 is 0 Å². The molecule has 2 rings (SSSR count). The van der Waals surface area contributed by atoms with Crippen LogP contribution in [0, 0.1) is 0 Å². The lowest BCUT2D eigenvalue weighted by Gasteiger charge is -2.11. The van der Waals surface area contributed by atoms with Crippen LogP contribution in [0.2, 0.25) is 0 Å². The maximum Gasteiger partial charge on any atom is 0.189 e. The van der Waals surface area contributed by atoms with Gasteiger partial charge in [0.05, 0.1) is 6.04 Å². The first-order valence-corrected chi connectivity index (χ1v) is 5.59. The van der Waals surface area contributed by atoms with Crippen molar-refractivity contribution in [2.45, 2.75) is 19.4 Å². The Bertz CT molecular complexity index is 395. The molecule has 0 saturated heterocycles. The Morgan fingerprint density at radius 1 is 1.53 bits per heavy atom. The predicted molar refractivity (Wildman–Crippen MR) is 80.0 cm³/mol. The van der Waals surface area contributed by atoms with Crippen molar-refractivity contribution in [2.75, 3.05) is 13.2 Å². The summed E-state index contributed by atoms with van der Waals surface area (Å²) in [5.41, 5.74) is 6.93. The minimum absolute atomic E-state index is 0. The molecule has 1 atom stereocenters. The molecular weight excluding hydrogens is 329 g/mol. The zero-order valence-electron chi connectivity index (χ0n) is 9.85. The van der Waals surface area contributed by atoms with Crippen LogP contribution in [0.25, 0.3) is 0 Å². The smallest absolute Gasteiger partial charge is 0.189 e. The second kappa shape index (κ2) is 6.68. The number of para-hydroxylation sites is 1. The van der Waals surface area contributed by atoms with Gasteiger partial charge in [-0.15, -0.1) is 24.0 Å². The number of halogens is 1. The Balaban J connectivity index is 0.00000144. The largest absolute Gasteiger partial charge is 0.491 e. The lowest BCUT2D eigenvalue weighted by atomic mass is 10.1. The summed E-state index contributed by atoms with van der Waals surface area (Å²) in [6.07, 6.45) is 1.00. The van der Waals surface area contributed by atoms with Gasteiger partial charge in [0.25, 0.3) is 0 Å². The summed E-state index contributed by atoms with van der Waals surface area (Å²) in [6.45, 7) is 3.44. The van der Waals surface area contributed by atoms with E-state index in [0.29, 0.717) is 12.6 Å². The van der Waals surface area contributed by atoms with E-state index in [1.54, 1.807) is 0 Å². The third-order valence-electron chi connectivity index (χ3n) is 2.53. The third kappa shape index (κ3) is 3.49. The molecule has 0 fully saturated rings. The number of benzene rings is 1. The molecule has 0 aliphatic carbocycles. The Morgan fingerprint density at radius 3 is 3.06 bits per heavy atom. The second-order valence-corrected chi connectivity index (χ2v) is 3.81. The molecule has 94 valence electrons. The lowest BCUT2D eigenvalue weighted by Crippen LogP contribution is -2.35. The third-order valence-corrected chi connectivity index (χ3v) is 2.53. The second-order valence-electron chi connectivity index (χ2n) is 3.81. The fraction of sp³-hybridized carbons (Fsp3) is 0.417. The fourth-order valence-corrected chi connectivity index (χ4v) is 1.74. The van der Waals surface area contributed by atoms with Crippen LogP contribution in [0.4, 0.5) is 0 Å². The van der Waals surface area contributed by atoms with Crippen LogP contribution in [-0.4, -0.2) is 19.1 Å². The van der Waals surface area contributed by atoms with Gasteiger partial charge in [-0.05, 0) is 12.5 Å². The molecule has 3 N–H and O–H groups in total. The maximum atomic E-state index is 5.78. The lowest BCUT2D eigenvalue weighted by molar-refractivity contribution is 0.324. The van der Waals surface area contributed by atoms with Crippen LogP contribution in [0.1, 0.15) is 24.9 Å². The molecule has 0 spiro atoms. The van der Waals surface area contributed by atoms with Crippen molar-refractivity contribution in [1.29, 1.82) is 0 Å².